The van der Waals surface area contributed by atoms with Crippen molar-refractivity contribution in [3.8, 4) is 0 Å². The fourth-order valence-electron chi connectivity index (χ4n) is 2.68. The molecule has 0 amide bonds. The number of piperidine rings is 1. The molecule has 0 bridgehead atoms. The smallest absolute Gasteiger partial charge is 0.225 e. The normalized spacial score (nSPS) is 19.8. The zero-order chi connectivity index (χ0) is 14.9. The zero-order valence-corrected chi connectivity index (χ0v) is 12.9. The van der Waals surface area contributed by atoms with Gasteiger partial charge in [0.15, 0.2) is 0 Å². The van der Waals surface area contributed by atoms with Crippen molar-refractivity contribution in [3.05, 3.63) is 30.4 Å². The van der Waals surface area contributed by atoms with E-state index in [2.05, 4.69) is 41.0 Å². The summed E-state index contributed by atoms with van der Waals surface area (Å²) in [7, 11) is 0. The molecule has 0 spiro atoms. The third-order valence-electron chi connectivity index (χ3n) is 3.91. The Morgan fingerprint density at radius 2 is 2.10 bits per heavy atom. The lowest BCUT2D eigenvalue weighted by molar-refractivity contribution is 0.366. The van der Waals surface area contributed by atoms with Crippen molar-refractivity contribution in [1.29, 1.82) is 0 Å². The Kier molecular flexibility index (Phi) is 3.61. The van der Waals surface area contributed by atoms with Crippen molar-refractivity contribution < 1.29 is 0 Å². The summed E-state index contributed by atoms with van der Waals surface area (Å²) >= 11 is 0. The average Bonchev–Trinajstić information content (AvgIpc) is 3.01. The fraction of sp³-hybridized carbons (Fsp3) is 0.600. The molecule has 1 fully saturated rings. The molecular formula is C15H22N6. The molecule has 112 valence electrons. The summed E-state index contributed by atoms with van der Waals surface area (Å²) in [6.07, 6.45) is 7.77. The third kappa shape index (κ3) is 3.04. The van der Waals surface area contributed by atoms with Crippen molar-refractivity contribution in [1.82, 2.24) is 25.0 Å². The van der Waals surface area contributed by atoms with E-state index in [1.165, 1.54) is 0 Å². The van der Waals surface area contributed by atoms with Crippen LogP contribution in [0.4, 0.5) is 5.95 Å². The highest BCUT2D eigenvalue weighted by Gasteiger charge is 2.24. The number of hydrogen-bond donors (Lipinski definition) is 0. The van der Waals surface area contributed by atoms with Gasteiger partial charge in [0.05, 0.1) is 17.9 Å². The molecule has 1 aliphatic heterocycles. The second-order valence-electron chi connectivity index (χ2n) is 6.62. The summed E-state index contributed by atoms with van der Waals surface area (Å²) in [5.41, 5.74) is 1.12. The van der Waals surface area contributed by atoms with Gasteiger partial charge >= 0.3 is 0 Å². The highest BCUT2D eigenvalue weighted by atomic mass is 15.4. The van der Waals surface area contributed by atoms with Crippen LogP contribution < -0.4 is 4.90 Å². The molecule has 1 saturated heterocycles. The lowest BCUT2D eigenvalue weighted by atomic mass is 9.92. The topological polar surface area (TPSA) is 59.7 Å². The van der Waals surface area contributed by atoms with E-state index >= 15 is 0 Å². The van der Waals surface area contributed by atoms with Crippen molar-refractivity contribution in [2.75, 3.05) is 18.0 Å². The predicted octanol–water partition coefficient (Wildman–Crippen LogP) is 2.21. The summed E-state index contributed by atoms with van der Waals surface area (Å²) in [5, 5.41) is 8.03. The Bertz CT molecular complexity index is 586. The predicted molar refractivity (Wildman–Crippen MR) is 81.2 cm³/mol. The first-order chi connectivity index (χ1) is 10.0. The van der Waals surface area contributed by atoms with E-state index in [1.807, 2.05) is 23.1 Å². The molecule has 1 atom stereocenters. The second-order valence-corrected chi connectivity index (χ2v) is 6.62. The van der Waals surface area contributed by atoms with Crippen LogP contribution >= 0.6 is 0 Å². The van der Waals surface area contributed by atoms with Crippen molar-refractivity contribution in [2.45, 2.75) is 45.1 Å². The maximum absolute atomic E-state index is 4.75. The number of anilines is 1. The first-order valence-corrected chi connectivity index (χ1v) is 7.48. The number of rotatable bonds is 2. The number of hydrogen-bond acceptors (Lipinski definition) is 5. The molecule has 0 radical (unpaired) electrons. The van der Waals surface area contributed by atoms with Gasteiger partial charge in [-0.05, 0) is 18.9 Å². The Hall–Kier alpha value is -1.98. The molecule has 0 aliphatic carbocycles. The monoisotopic (exact) mass is 286 g/mol. The highest BCUT2D eigenvalue weighted by Crippen LogP contribution is 2.25. The lowest BCUT2D eigenvalue weighted by Crippen LogP contribution is -2.38. The van der Waals surface area contributed by atoms with E-state index in [0.29, 0.717) is 6.04 Å². The van der Waals surface area contributed by atoms with Crippen molar-refractivity contribution in [2.24, 2.45) is 0 Å². The van der Waals surface area contributed by atoms with Gasteiger partial charge in [-0.1, -0.05) is 26.0 Å². The largest absolute Gasteiger partial charge is 0.339 e. The van der Waals surface area contributed by atoms with Crippen molar-refractivity contribution in [3.63, 3.8) is 0 Å². The van der Waals surface area contributed by atoms with Crippen LogP contribution in [0.1, 0.15) is 45.3 Å². The van der Waals surface area contributed by atoms with Gasteiger partial charge in [0.2, 0.25) is 5.95 Å². The van der Waals surface area contributed by atoms with E-state index in [-0.39, 0.29) is 5.41 Å². The van der Waals surface area contributed by atoms with Gasteiger partial charge in [-0.3, -0.25) is 0 Å². The molecule has 0 N–H and O–H groups in total. The summed E-state index contributed by atoms with van der Waals surface area (Å²) < 4.78 is 1.94. The quantitative estimate of drug-likeness (QED) is 0.847. The molecule has 6 nitrogen and oxygen atoms in total. The van der Waals surface area contributed by atoms with Gasteiger partial charge in [0.25, 0.3) is 0 Å². The van der Waals surface area contributed by atoms with Crippen LogP contribution in [0.15, 0.2) is 24.7 Å². The summed E-state index contributed by atoms with van der Waals surface area (Å²) in [4.78, 5) is 11.5. The van der Waals surface area contributed by atoms with Gasteiger partial charge < -0.3 is 4.90 Å². The molecule has 6 heteroatoms. The van der Waals surface area contributed by atoms with Crippen LogP contribution in [-0.4, -0.2) is 38.1 Å². The second kappa shape index (κ2) is 5.42. The SMILES string of the molecule is CC(C)(C)c1ccnc(N2CCCC(n3ccnn3)C2)n1. The molecule has 2 aromatic rings. The van der Waals surface area contributed by atoms with E-state index in [9.17, 15) is 0 Å². The van der Waals surface area contributed by atoms with E-state index in [4.69, 9.17) is 4.98 Å². The minimum Gasteiger partial charge on any atom is -0.339 e. The summed E-state index contributed by atoms with van der Waals surface area (Å²) in [5.74, 6) is 0.826. The van der Waals surface area contributed by atoms with E-state index in [0.717, 1.165) is 37.6 Å². The van der Waals surface area contributed by atoms with Crippen LogP contribution in [-0.2, 0) is 5.41 Å². The van der Waals surface area contributed by atoms with Gasteiger partial charge in [-0.2, -0.15) is 0 Å². The van der Waals surface area contributed by atoms with Crippen LogP contribution in [0.5, 0.6) is 0 Å². The molecule has 1 unspecified atom stereocenters. The maximum atomic E-state index is 4.75. The minimum absolute atomic E-state index is 0.0405. The number of aromatic nitrogens is 5. The first-order valence-electron chi connectivity index (χ1n) is 7.48. The lowest BCUT2D eigenvalue weighted by Gasteiger charge is -2.33. The Morgan fingerprint density at radius 3 is 2.81 bits per heavy atom. The van der Waals surface area contributed by atoms with Gasteiger partial charge in [-0.25, -0.2) is 14.6 Å². The van der Waals surface area contributed by atoms with Crippen LogP contribution in [0.2, 0.25) is 0 Å². The van der Waals surface area contributed by atoms with Crippen LogP contribution in [0.3, 0.4) is 0 Å². The standard InChI is InChI=1S/C15H22N6/c1-15(2,3)13-6-7-16-14(18-13)20-9-4-5-12(11-20)21-10-8-17-19-21/h6-8,10,12H,4-5,9,11H2,1-3H3. The molecule has 21 heavy (non-hydrogen) atoms. The van der Waals surface area contributed by atoms with E-state index < -0.39 is 0 Å². The molecule has 2 aromatic heterocycles. The maximum Gasteiger partial charge on any atom is 0.225 e. The Labute approximate surface area is 125 Å². The fourth-order valence-corrected chi connectivity index (χ4v) is 2.68. The molecule has 0 aromatic carbocycles. The minimum atomic E-state index is 0.0405. The van der Waals surface area contributed by atoms with Gasteiger partial charge in [-0.15, -0.1) is 5.10 Å². The molecular weight excluding hydrogens is 264 g/mol. The third-order valence-corrected chi connectivity index (χ3v) is 3.91. The zero-order valence-electron chi connectivity index (χ0n) is 12.9. The summed E-state index contributed by atoms with van der Waals surface area (Å²) in [6.45, 7) is 8.41. The van der Waals surface area contributed by atoms with Gasteiger partial charge in [0, 0.05) is 30.9 Å². The highest BCUT2D eigenvalue weighted by molar-refractivity contribution is 5.32. The molecule has 0 saturated carbocycles. The molecule has 3 rings (SSSR count). The average molecular weight is 286 g/mol. The van der Waals surface area contributed by atoms with Crippen LogP contribution in [0.25, 0.3) is 0 Å². The van der Waals surface area contributed by atoms with Gasteiger partial charge in [0.1, 0.15) is 0 Å². The molecule has 3 heterocycles. The van der Waals surface area contributed by atoms with Crippen LogP contribution in [0, 0.1) is 0 Å². The molecule has 1 aliphatic rings. The van der Waals surface area contributed by atoms with E-state index in [1.54, 1.807) is 6.20 Å². The number of nitrogens with zero attached hydrogens (tertiary/aromatic N) is 6. The Balaban J connectivity index is 1.80. The summed E-state index contributed by atoms with van der Waals surface area (Å²) in [6, 6.07) is 2.35. The van der Waals surface area contributed by atoms with Crippen molar-refractivity contribution >= 4 is 5.95 Å². The first kappa shape index (κ1) is 14.0. The Morgan fingerprint density at radius 1 is 1.24 bits per heavy atom.